The Morgan fingerprint density at radius 2 is 0.962 bits per heavy atom. The molecule has 0 aliphatic heterocycles. The van der Waals surface area contributed by atoms with Gasteiger partial charge in [0.2, 0.25) is 0 Å². The highest BCUT2D eigenvalue weighted by molar-refractivity contribution is 14.1. The van der Waals surface area contributed by atoms with E-state index in [4.69, 9.17) is 0 Å². The van der Waals surface area contributed by atoms with Crippen molar-refractivity contribution < 1.29 is 0 Å². The van der Waals surface area contributed by atoms with E-state index in [1.54, 1.807) is 0 Å². The van der Waals surface area contributed by atoms with Crippen molar-refractivity contribution in [3.8, 4) is 0 Å². The first-order chi connectivity index (χ1) is 12.8. The molecule has 0 N–H and O–H groups in total. The van der Waals surface area contributed by atoms with Crippen LogP contribution in [0.5, 0.6) is 0 Å². The lowest BCUT2D eigenvalue weighted by molar-refractivity contribution is 0.675. The monoisotopic (exact) mass is 448 g/mol. The van der Waals surface area contributed by atoms with Gasteiger partial charge in [0.1, 0.15) is 0 Å². The topological polar surface area (TPSA) is 0 Å². The van der Waals surface area contributed by atoms with Gasteiger partial charge in [0.15, 0.2) is 0 Å². The summed E-state index contributed by atoms with van der Waals surface area (Å²) in [6, 6.07) is 32.8. The van der Waals surface area contributed by atoms with Gasteiger partial charge in [-0.2, -0.15) is 0 Å². The molecule has 0 aromatic heterocycles. The van der Waals surface area contributed by atoms with E-state index in [9.17, 15) is 0 Å². The minimum Gasteiger partial charge on any atom is -0.0622 e. The molecule has 128 valence electrons. The van der Waals surface area contributed by atoms with Gasteiger partial charge in [-0.25, -0.2) is 0 Å². The number of halogens is 1. The van der Waals surface area contributed by atoms with Crippen LogP contribution in [0.1, 0.15) is 29.5 Å². The predicted octanol–water partition coefficient (Wildman–Crippen LogP) is 7.06. The van der Waals surface area contributed by atoms with Crippen LogP contribution in [0.2, 0.25) is 0 Å². The molecule has 1 aliphatic rings. The van der Waals surface area contributed by atoms with E-state index in [0.717, 1.165) is 12.8 Å². The lowest BCUT2D eigenvalue weighted by Crippen LogP contribution is -2.32. The summed E-state index contributed by atoms with van der Waals surface area (Å²) in [5.74, 6) is 0. The third-order valence-electron chi connectivity index (χ3n) is 5.20. The number of allylic oxidation sites excluding steroid dienone is 4. The molecule has 26 heavy (non-hydrogen) atoms. The quantitative estimate of drug-likeness (QED) is 0.296. The molecule has 0 unspecified atom stereocenters. The second kappa shape index (κ2) is 7.63. The van der Waals surface area contributed by atoms with Gasteiger partial charge in [0.05, 0.1) is 5.41 Å². The molecule has 1 aliphatic carbocycles. The van der Waals surface area contributed by atoms with Crippen molar-refractivity contribution in [2.45, 2.75) is 18.3 Å². The fourth-order valence-electron chi connectivity index (χ4n) is 4.04. The Balaban J connectivity index is 2.08. The normalized spacial score (nSPS) is 14.5. The molecule has 4 rings (SSSR count). The van der Waals surface area contributed by atoms with Crippen LogP contribution in [0, 0.1) is 0 Å². The molecule has 0 bridgehead atoms. The third-order valence-corrected chi connectivity index (χ3v) is 6.10. The van der Waals surface area contributed by atoms with Crippen LogP contribution >= 0.6 is 22.6 Å². The van der Waals surface area contributed by atoms with E-state index < -0.39 is 0 Å². The molecular formula is C25H21I. The summed E-state index contributed by atoms with van der Waals surface area (Å²) >= 11 is 2.46. The molecule has 0 saturated carbocycles. The van der Waals surface area contributed by atoms with E-state index in [0.29, 0.717) is 0 Å². The Kier molecular flexibility index (Phi) is 5.07. The summed E-state index contributed by atoms with van der Waals surface area (Å²) in [4.78, 5) is 0. The smallest absolute Gasteiger partial charge is 0.0622 e. The molecule has 0 atom stereocenters. The van der Waals surface area contributed by atoms with Gasteiger partial charge in [0.25, 0.3) is 0 Å². The standard InChI is InChI=1S/C25H21I/c26-24-18-16-23(17-19-24)25(20-10-4-1-5-11-20,21-12-6-2-7-13-21)22-14-8-3-9-15-22/h1-16,18H,17,19H2. The van der Waals surface area contributed by atoms with Crippen LogP contribution in [0.3, 0.4) is 0 Å². The Morgan fingerprint density at radius 3 is 1.31 bits per heavy atom. The molecule has 1 heteroatoms. The van der Waals surface area contributed by atoms with Crippen LogP contribution in [0.25, 0.3) is 0 Å². The van der Waals surface area contributed by atoms with E-state index in [-0.39, 0.29) is 5.41 Å². The number of rotatable bonds is 4. The van der Waals surface area contributed by atoms with Gasteiger partial charge in [-0.15, -0.1) is 0 Å². The summed E-state index contributed by atoms with van der Waals surface area (Å²) in [7, 11) is 0. The lowest BCUT2D eigenvalue weighted by atomic mass is 9.63. The van der Waals surface area contributed by atoms with Crippen LogP contribution in [-0.2, 0) is 5.41 Å². The van der Waals surface area contributed by atoms with Gasteiger partial charge in [-0.05, 0) is 55.7 Å². The largest absolute Gasteiger partial charge is 0.0664 e. The maximum atomic E-state index is 2.46. The summed E-state index contributed by atoms with van der Waals surface area (Å²) in [5, 5.41) is 0. The highest BCUT2D eigenvalue weighted by Crippen LogP contribution is 2.48. The van der Waals surface area contributed by atoms with Crippen molar-refractivity contribution in [1.82, 2.24) is 0 Å². The molecule has 0 nitrogen and oxygen atoms in total. The zero-order chi connectivity index (χ0) is 17.8. The Morgan fingerprint density at radius 1 is 0.538 bits per heavy atom. The van der Waals surface area contributed by atoms with Gasteiger partial charge in [0, 0.05) is 0 Å². The maximum Gasteiger partial charge on any atom is 0.0664 e. The van der Waals surface area contributed by atoms with Gasteiger partial charge < -0.3 is 0 Å². The van der Waals surface area contributed by atoms with E-state index >= 15 is 0 Å². The number of benzene rings is 3. The van der Waals surface area contributed by atoms with Crippen LogP contribution < -0.4 is 0 Å². The van der Waals surface area contributed by atoms with Crippen LogP contribution in [0.4, 0.5) is 0 Å². The third kappa shape index (κ3) is 3.05. The average Bonchev–Trinajstić information content (AvgIpc) is 2.72. The fraction of sp³-hybridized carbons (Fsp3) is 0.120. The summed E-state index contributed by atoms with van der Waals surface area (Å²) in [6.45, 7) is 0. The van der Waals surface area contributed by atoms with Crippen LogP contribution in [0.15, 0.2) is 112 Å². The molecule has 0 spiro atoms. The first-order valence-corrected chi connectivity index (χ1v) is 10.1. The highest BCUT2D eigenvalue weighted by Gasteiger charge is 2.39. The minimum atomic E-state index is -0.252. The molecule has 0 saturated heterocycles. The van der Waals surface area contributed by atoms with Crippen LogP contribution in [-0.4, -0.2) is 0 Å². The maximum absolute atomic E-state index is 2.46. The molecule has 3 aromatic rings. The molecule has 3 aromatic carbocycles. The van der Waals surface area contributed by atoms with Crippen molar-refractivity contribution in [2.75, 3.05) is 0 Å². The Labute approximate surface area is 169 Å². The summed E-state index contributed by atoms with van der Waals surface area (Å²) < 4.78 is 1.43. The van der Waals surface area contributed by atoms with Gasteiger partial charge >= 0.3 is 0 Å². The average molecular weight is 448 g/mol. The molecule has 0 amide bonds. The summed E-state index contributed by atoms with van der Waals surface area (Å²) in [6.07, 6.45) is 6.81. The van der Waals surface area contributed by atoms with Crippen molar-refractivity contribution in [3.63, 3.8) is 0 Å². The first kappa shape index (κ1) is 17.3. The Hall–Kier alpha value is -2.13. The zero-order valence-electron chi connectivity index (χ0n) is 14.6. The number of hydrogen-bond donors (Lipinski definition) is 0. The first-order valence-electron chi connectivity index (χ1n) is 9.04. The predicted molar refractivity (Wildman–Crippen MR) is 119 cm³/mol. The molecular weight excluding hydrogens is 427 g/mol. The highest BCUT2D eigenvalue weighted by atomic mass is 127. The summed E-state index contributed by atoms with van der Waals surface area (Å²) in [5.41, 5.74) is 5.19. The van der Waals surface area contributed by atoms with Crippen molar-refractivity contribution >= 4 is 22.6 Å². The van der Waals surface area contributed by atoms with E-state index in [2.05, 4.69) is 126 Å². The molecule has 0 fully saturated rings. The second-order valence-electron chi connectivity index (χ2n) is 6.65. The molecule has 0 heterocycles. The van der Waals surface area contributed by atoms with E-state index in [1.165, 1.54) is 25.8 Å². The lowest BCUT2D eigenvalue weighted by Gasteiger charge is -2.39. The van der Waals surface area contributed by atoms with E-state index in [1.807, 2.05) is 0 Å². The van der Waals surface area contributed by atoms with Crippen molar-refractivity contribution in [2.24, 2.45) is 0 Å². The molecule has 0 radical (unpaired) electrons. The second-order valence-corrected chi connectivity index (χ2v) is 8.04. The zero-order valence-corrected chi connectivity index (χ0v) is 16.8. The van der Waals surface area contributed by atoms with Crippen molar-refractivity contribution in [1.29, 1.82) is 0 Å². The van der Waals surface area contributed by atoms with Gasteiger partial charge in [-0.3, -0.25) is 0 Å². The minimum absolute atomic E-state index is 0.252. The van der Waals surface area contributed by atoms with Gasteiger partial charge in [-0.1, -0.05) is 109 Å². The SMILES string of the molecule is IC1=CC=C(C(c2ccccc2)(c2ccccc2)c2ccccc2)CC1. The Bertz CT molecular complexity index is 825. The van der Waals surface area contributed by atoms with Crippen molar-refractivity contribution in [3.05, 3.63) is 129 Å². The fourth-order valence-corrected chi connectivity index (χ4v) is 4.49. The number of hydrogen-bond acceptors (Lipinski definition) is 0.